The monoisotopic (exact) mass is 568 g/mol. The highest BCUT2D eigenvalue weighted by Crippen LogP contribution is 2.34. The number of benzene rings is 2. The van der Waals surface area contributed by atoms with Crippen LogP contribution < -0.4 is 19.5 Å². The molecule has 0 bridgehead atoms. The van der Waals surface area contributed by atoms with Crippen LogP contribution in [0.5, 0.6) is 17.2 Å². The number of aromatic nitrogens is 5. The molecule has 0 saturated carbocycles. The first-order valence-corrected chi connectivity index (χ1v) is 13.7. The fourth-order valence-electron chi connectivity index (χ4n) is 4.57. The Morgan fingerprint density at radius 3 is 2.46 bits per heavy atom. The van der Waals surface area contributed by atoms with E-state index in [1.807, 2.05) is 49.4 Å². The Labute approximate surface area is 240 Å². The van der Waals surface area contributed by atoms with Gasteiger partial charge in [0.05, 0.1) is 43.9 Å². The number of fused-ring (bicyclic) bond motifs is 1. The fourth-order valence-corrected chi connectivity index (χ4v) is 5.55. The SMILES string of the molecule is COc1ccc(Cc2sc(C)nc2-c2cnc(NCc3ccc(OC)c(OC)c3)n3nc(-c4ccco4)nc23)cc1. The molecule has 11 heteroatoms. The van der Waals surface area contributed by atoms with Crippen LogP contribution in [0.2, 0.25) is 0 Å². The standard InChI is InChI=1S/C30H28N6O4S/c1-18-33-27(26(41-18)15-19-7-10-21(37-2)11-8-19)22-17-32-30(31-16-20-9-12-23(38-3)25(14-20)39-4)36-29(22)34-28(35-36)24-6-5-13-40-24/h5-14,17H,15-16H2,1-4H3,(H,31,32). The largest absolute Gasteiger partial charge is 0.497 e. The van der Waals surface area contributed by atoms with Crippen molar-refractivity contribution < 1.29 is 18.6 Å². The normalized spacial score (nSPS) is 11.1. The van der Waals surface area contributed by atoms with Crippen LogP contribution in [-0.4, -0.2) is 45.9 Å². The van der Waals surface area contributed by atoms with Crippen LogP contribution in [0.4, 0.5) is 5.95 Å². The Morgan fingerprint density at radius 2 is 1.73 bits per heavy atom. The zero-order valence-electron chi connectivity index (χ0n) is 23.0. The molecule has 0 amide bonds. The van der Waals surface area contributed by atoms with Crippen molar-refractivity contribution in [3.63, 3.8) is 0 Å². The second-order valence-corrected chi connectivity index (χ2v) is 10.5. The first-order valence-electron chi connectivity index (χ1n) is 12.9. The smallest absolute Gasteiger partial charge is 0.226 e. The molecule has 2 aromatic carbocycles. The maximum Gasteiger partial charge on any atom is 0.226 e. The fraction of sp³-hybridized carbons (Fsp3) is 0.200. The molecule has 4 aromatic heterocycles. The maximum absolute atomic E-state index is 5.61. The Kier molecular flexibility index (Phi) is 7.26. The third-order valence-corrected chi connectivity index (χ3v) is 7.56. The van der Waals surface area contributed by atoms with Gasteiger partial charge >= 0.3 is 0 Å². The van der Waals surface area contributed by atoms with Crippen molar-refractivity contribution in [2.24, 2.45) is 0 Å². The zero-order valence-corrected chi connectivity index (χ0v) is 23.9. The van der Waals surface area contributed by atoms with Gasteiger partial charge in [0.2, 0.25) is 11.8 Å². The summed E-state index contributed by atoms with van der Waals surface area (Å²) in [5.74, 6) is 3.72. The number of nitrogens with one attached hydrogen (secondary N) is 1. The quantitative estimate of drug-likeness (QED) is 0.211. The topological polar surface area (TPSA) is 109 Å². The van der Waals surface area contributed by atoms with E-state index in [0.29, 0.717) is 41.2 Å². The van der Waals surface area contributed by atoms with Gasteiger partial charge in [-0.05, 0) is 54.4 Å². The van der Waals surface area contributed by atoms with Crippen molar-refractivity contribution in [3.8, 4) is 40.1 Å². The molecule has 0 aliphatic carbocycles. The summed E-state index contributed by atoms with van der Waals surface area (Å²) in [7, 11) is 4.90. The minimum atomic E-state index is 0.460. The number of ether oxygens (including phenoxy) is 3. The molecule has 6 rings (SSSR count). The number of thiazole rings is 1. The Hall–Kier alpha value is -4.90. The molecule has 6 aromatic rings. The summed E-state index contributed by atoms with van der Waals surface area (Å²) in [4.78, 5) is 15.6. The van der Waals surface area contributed by atoms with Crippen LogP contribution in [0.3, 0.4) is 0 Å². The molecule has 0 radical (unpaired) electrons. The third kappa shape index (κ3) is 5.31. The lowest BCUT2D eigenvalue weighted by Crippen LogP contribution is -2.08. The molecule has 0 saturated heterocycles. The molecule has 1 N–H and O–H groups in total. The van der Waals surface area contributed by atoms with Crippen LogP contribution in [0.1, 0.15) is 21.0 Å². The van der Waals surface area contributed by atoms with Gasteiger partial charge in [-0.25, -0.2) is 15.0 Å². The molecule has 0 atom stereocenters. The van der Waals surface area contributed by atoms with Crippen molar-refractivity contribution in [2.45, 2.75) is 19.9 Å². The van der Waals surface area contributed by atoms with Crippen molar-refractivity contribution in [1.29, 1.82) is 0 Å². The highest BCUT2D eigenvalue weighted by atomic mass is 32.1. The maximum atomic E-state index is 5.61. The molecule has 0 spiro atoms. The van der Waals surface area contributed by atoms with Crippen molar-refractivity contribution in [3.05, 3.63) is 88.1 Å². The Bertz CT molecular complexity index is 1790. The molecule has 41 heavy (non-hydrogen) atoms. The van der Waals surface area contributed by atoms with E-state index in [2.05, 4.69) is 17.4 Å². The number of furan rings is 1. The predicted octanol–water partition coefficient (Wildman–Crippen LogP) is 6.04. The first-order chi connectivity index (χ1) is 20.1. The average Bonchev–Trinajstić information content (AvgIpc) is 3.76. The van der Waals surface area contributed by atoms with Crippen LogP contribution >= 0.6 is 11.3 Å². The lowest BCUT2D eigenvalue weighted by molar-refractivity contribution is 0.354. The van der Waals surface area contributed by atoms with Crippen molar-refractivity contribution in [2.75, 3.05) is 26.6 Å². The first kappa shape index (κ1) is 26.3. The zero-order chi connectivity index (χ0) is 28.3. The molecule has 10 nitrogen and oxygen atoms in total. The second kappa shape index (κ2) is 11.3. The summed E-state index contributed by atoms with van der Waals surface area (Å²) < 4.78 is 23.5. The average molecular weight is 569 g/mol. The molecule has 0 fully saturated rings. The van der Waals surface area contributed by atoms with Crippen LogP contribution in [0, 0.1) is 6.92 Å². The van der Waals surface area contributed by atoms with Crippen LogP contribution in [-0.2, 0) is 13.0 Å². The van der Waals surface area contributed by atoms with Gasteiger partial charge in [0.1, 0.15) is 5.75 Å². The lowest BCUT2D eigenvalue weighted by Gasteiger charge is -2.12. The summed E-state index contributed by atoms with van der Waals surface area (Å²) in [6, 6.07) is 17.5. The molecule has 0 aliphatic heterocycles. The third-order valence-electron chi connectivity index (χ3n) is 6.59. The van der Waals surface area contributed by atoms with E-state index in [1.165, 1.54) is 0 Å². The van der Waals surface area contributed by atoms with Gasteiger partial charge in [0.25, 0.3) is 0 Å². The molecule has 4 heterocycles. The van der Waals surface area contributed by atoms with Gasteiger partial charge in [-0.2, -0.15) is 4.52 Å². The van der Waals surface area contributed by atoms with E-state index in [1.54, 1.807) is 49.6 Å². The Balaban J connectivity index is 1.38. The van der Waals surface area contributed by atoms with Gasteiger partial charge < -0.3 is 23.9 Å². The van der Waals surface area contributed by atoms with E-state index < -0.39 is 0 Å². The lowest BCUT2D eigenvalue weighted by atomic mass is 10.1. The van der Waals surface area contributed by atoms with Gasteiger partial charge in [-0.15, -0.1) is 16.4 Å². The molecule has 0 unspecified atom stereocenters. The Morgan fingerprint density at radius 1 is 0.927 bits per heavy atom. The molecular formula is C30H28N6O4S. The number of hydrogen-bond acceptors (Lipinski definition) is 10. The van der Waals surface area contributed by atoms with E-state index >= 15 is 0 Å². The minimum absolute atomic E-state index is 0.460. The van der Waals surface area contributed by atoms with Crippen molar-refractivity contribution in [1.82, 2.24) is 24.6 Å². The summed E-state index contributed by atoms with van der Waals surface area (Å²) >= 11 is 1.66. The van der Waals surface area contributed by atoms with Crippen molar-refractivity contribution >= 4 is 22.9 Å². The number of rotatable bonds is 10. The molecule has 208 valence electrons. The van der Waals surface area contributed by atoms with E-state index in [4.69, 9.17) is 38.7 Å². The minimum Gasteiger partial charge on any atom is -0.497 e. The molecular weight excluding hydrogens is 540 g/mol. The number of methoxy groups -OCH3 is 3. The van der Waals surface area contributed by atoms with E-state index in [9.17, 15) is 0 Å². The van der Waals surface area contributed by atoms with Crippen LogP contribution in [0.15, 0.2) is 71.5 Å². The highest BCUT2D eigenvalue weighted by molar-refractivity contribution is 7.12. The van der Waals surface area contributed by atoms with Gasteiger partial charge in [-0.3, -0.25) is 0 Å². The van der Waals surface area contributed by atoms with Gasteiger partial charge in [0.15, 0.2) is 22.9 Å². The summed E-state index contributed by atoms with van der Waals surface area (Å²) in [6.45, 7) is 2.49. The van der Waals surface area contributed by atoms with E-state index in [-0.39, 0.29) is 0 Å². The predicted molar refractivity (Wildman–Crippen MR) is 157 cm³/mol. The summed E-state index contributed by atoms with van der Waals surface area (Å²) in [5.41, 5.74) is 4.41. The summed E-state index contributed by atoms with van der Waals surface area (Å²) in [6.07, 6.45) is 4.13. The van der Waals surface area contributed by atoms with Gasteiger partial charge in [-0.1, -0.05) is 18.2 Å². The number of hydrogen-bond donors (Lipinski definition) is 1. The summed E-state index contributed by atoms with van der Waals surface area (Å²) in [5, 5.41) is 9.11. The second-order valence-electron chi connectivity index (χ2n) is 9.22. The number of nitrogens with zero attached hydrogens (tertiary/aromatic N) is 5. The van der Waals surface area contributed by atoms with Crippen LogP contribution in [0.25, 0.3) is 28.5 Å². The highest BCUT2D eigenvalue weighted by Gasteiger charge is 2.21. The van der Waals surface area contributed by atoms with Gasteiger partial charge in [0, 0.05) is 24.0 Å². The number of aryl methyl sites for hydroxylation is 1. The van der Waals surface area contributed by atoms with E-state index in [0.717, 1.165) is 44.4 Å². The number of anilines is 1. The molecule has 0 aliphatic rings.